The number of hydrogen-bond donors (Lipinski definition) is 3. The van der Waals surface area contributed by atoms with Crippen molar-refractivity contribution < 1.29 is 8.42 Å². The number of aryl methyl sites for hydroxylation is 2. The summed E-state index contributed by atoms with van der Waals surface area (Å²) in [4.78, 5) is 12.2. The topological polar surface area (TPSA) is 129 Å². The molecule has 4 rings (SSSR count). The van der Waals surface area contributed by atoms with E-state index in [1.54, 1.807) is 24.3 Å². The van der Waals surface area contributed by atoms with Gasteiger partial charge in [0.25, 0.3) is 0 Å². The average Bonchev–Trinajstić information content (AvgIpc) is 3.09. The van der Waals surface area contributed by atoms with E-state index in [2.05, 4.69) is 35.8 Å². The summed E-state index contributed by atoms with van der Waals surface area (Å²) >= 11 is 0. The molecule has 0 radical (unpaired) electrons. The van der Waals surface area contributed by atoms with Crippen LogP contribution in [-0.2, 0) is 10.0 Å². The number of H-pyrrole nitrogens is 1. The van der Waals surface area contributed by atoms with Crippen LogP contribution in [0.3, 0.4) is 0 Å². The number of aromatic nitrogens is 5. The first kappa shape index (κ1) is 20.5. The van der Waals surface area contributed by atoms with Gasteiger partial charge in [-0.2, -0.15) is 5.10 Å². The van der Waals surface area contributed by atoms with Gasteiger partial charge in [0.2, 0.25) is 10.0 Å². The number of pyridine rings is 1. The Labute approximate surface area is 179 Å². The molecule has 31 heavy (non-hydrogen) atoms. The fraction of sp³-hybridized carbons (Fsp3) is 0.200. The van der Waals surface area contributed by atoms with Crippen LogP contribution in [0.1, 0.15) is 11.5 Å². The lowest BCUT2D eigenvalue weighted by molar-refractivity contribution is 0.600. The molecule has 1 aromatic carbocycles. The van der Waals surface area contributed by atoms with E-state index in [0.29, 0.717) is 45.7 Å². The van der Waals surface area contributed by atoms with Crippen LogP contribution in [0.5, 0.6) is 0 Å². The van der Waals surface area contributed by atoms with E-state index >= 15 is 0 Å². The number of nitrogens with one attached hydrogen (secondary N) is 3. The maximum absolute atomic E-state index is 12.1. The number of sulfonamides is 1. The van der Waals surface area contributed by atoms with Crippen LogP contribution in [0.2, 0.25) is 0 Å². The van der Waals surface area contributed by atoms with Crippen molar-refractivity contribution in [3.8, 4) is 0 Å². The molecule has 0 amide bonds. The summed E-state index contributed by atoms with van der Waals surface area (Å²) in [5.41, 5.74) is 3.82. The second-order valence-corrected chi connectivity index (χ2v) is 9.15. The third kappa shape index (κ3) is 4.40. The van der Waals surface area contributed by atoms with Crippen molar-refractivity contribution in [2.75, 3.05) is 28.2 Å². The Morgan fingerprint density at radius 2 is 1.71 bits per heavy atom. The van der Waals surface area contributed by atoms with Crippen molar-refractivity contribution in [1.82, 2.24) is 25.1 Å². The molecule has 0 unspecified atom stereocenters. The van der Waals surface area contributed by atoms with Gasteiger partial charge in [0.05, 0.1) is 29.0 Å². The third-order valence-corrected chi connectivity index (χ3v) is 5.83. The molecule has 0 fully saturated rings. The second kappa shape index (κ2) is 7.84. The van der Waals surface area contributed by atoms with Crippen molar-refractivity contribution in [1.29, 1.82) is 0 Å². The van der Waals surface area contributed by atoms with Gasteiger partial charge < -0.3 is 15.6 Å². The largest absolute Gasteiger partial charge is 0.352 e. The summed E-state index contributed by atoms with van der Waals surface area (Å²) in [6.45, 7) is 3.71. The van der Waals surface area contributed by atoms with Gasteiger partial charge in [0.15, 0.2) is 11.5 Å². The van der Waals surface area contributed by atoms with Gasteiger partial charge in [-0.3, -0.25) is 4.31 Å². The first-order chi connectivity index (χ1) is 14.7. The van der Waals surface area contributed by atoms with Crippen molar-refractivity contribution in [3.63, 3.8) is 0 Å². The molecule has 0 bridgehead atoms. The normalized spacial score (nSPS) is 11.5. The summed E-state index contributed by atoms with van der Waals surface area (Å²) < 4.78 is 25.4. The predicted molar refractivity (Wildman–Crippen MR) is 122 cm³/mol. The van der Waals surface area contributed by atoms with Crippen LogP contribution < -0.4 is 14.9 Å². The van der Waals surface area contributed by atoms with Crippen LogP contribution in [0.25, 0.3) is 11.2 Å². The van der Waals surface area contributed by atoms with Gasteiger partial charge in [-0.1, -0.05) is 12.1 Å². The van der Waals surface area contributed by atoms with Crippen molar-refractivity contribution in [2.45, 2.75) is 13.8 Å². The summed E-state index contributed by atoms with van der Waals surface area (Å²) in [5.74, 6) is 1.79. The first-order valence-electron chi connectivity index (χ1n) is 9.45. The maximum atomic E-state index is 12.1. The molecule has 3 N–H and O–H groups in total. The van der Waals surface area contributed by atoms with Gasteiger partial charge in [0, 0.05) is 13.1 Å². The van der Waals surface area contributed by atoms with Crippen molar-refractivity contribution in [3.05, 3.63) is 54.0 Å². The summed E-state index contributed by atoms with van der Waals surface area (Å²) in [6.07, 6.45) is 1.16. The number of hydrogen-bond acceptors (Lipinski definition) is 8. The lowest BCUT2D eigenvalue weighted by Crippen LogP contribution is -2.25. The van der Waals surface area contributed by atoms with Crippen LogP contribution in [0.15, 0.2) is 42.5 Å². The van der Waals surface area contributed by atoms with Crippen molar-refractivity contribution >= 4 is 49.9 Å². The lowest BCUT2D eigenvalue weighted by Gasteiger charge is -2.21. The van der Waals surface area contributed by atoms with E-state index in [1.165, 1.54) is 11.4 Å². The molecule has 0 aliphatic heterocycles. The Kier molecular flexibility index (Phi) is 5.19. The zero-order valence-corrected chi connectivity index (χ0v) is 18.3. The monoisotopic (exact) mass is 438 g/mol. The number of nitrogens with zero attached hydrogens (tertiary/aromatic N) is 5. The third-order valence-electron chi connectivity index (χ3n) is 4.64. The number of anilines is 5. The molecule has 0 aliphatic rings. The molecule has 11 heteroatoms. The molecule has 0 spiro atoms. The Morgan fingerprint density at radius 1 is 0.935 bits per heavy atom. The van der Waals surface area contributed by atoms with Gasteiger partial charge in [-0.15, -0.1) is 5.10 Å². The molecule has 0 aliphatic carbocycles. The van der Waals surface area contributed by atoms with Crippen molar-refractivity contribution in [2.24, 2.45) is 0 Å². The van der Waals surface area contributed by atoms with Crippen LogP contribution in [0, 0.1) is 13.8 Å². The summed E-state index contributed by atoms with van der Waals surface area (Å²) in [7, 11) is -1.92. The highest BCUT2D eigenvalue weighted by Gasteiger charge is 2.17. The summed E-state index contributed by atoms with van der Waals surface area (Å²) in [6, 6.07) is 12.6. The zero-order chi connectivity index (χ0) is 22.2. The quantitative estimate of drug-likeness (QED) is 0.418. The fourth-order valence-corrected chi connectivity index (χ4v) is 3.56. The van der Waals surface area contributed by atoms with E-state index in [1.807, 2.05) is 32.0 Å². The molecule has 3 heterocycles. The van der Waals surface area contributed by atoms with Crippen LogP contribution in [-0.4, -0.2) is 46.9 Å². The predicted octanol–water partition coefficient (Wildman–Crippen LogP) is 3.25. The number of imidazole rings is 1. The number of aromatic amines is 1. The Bertz CT molecular complexity index is 1350. The fourth-order valence-electron chi connectivity index (χ4n) is 3.04. The zero-order valence-electron chi connectivity index (χ0n) is 17.5. The maximum Gasteiger partial charge on any atom is 0.232 e. The minimum atomic E-state index is -3.43. The Morgan fingerprint density at radius 3 is 2.42 bits per heavy atom. The SMILES string of the molecule is Cc1ccc(Nc2cc(Nc3ccccc3N(C)S(C)(=O)=O)c3nc(C)[nH]c3n2)nn1. The number of para-hydroxylation sites is 2. The first-order valence-corrected chi connectivity index (χ1v) is 11.3. The number of benzene rings is 1. The number of fused-ring (bicyclic) bond motifs is 1. The van der Waals surface area contributed by atoms with Gasteiger partial charge in [-0.05, 0) is 38.1 Å². The van der Waals surface area contributed by atoms with E-state index in [0.717, 1.165) is 11.9 Å². The average molecular weight is 439 g/mol. The second-order valence-electron chi connectivity index (χ2n) is 7.13. The highest BCUT2D eigenvalue weighted by molar-refractivity contribution is 7.92. The molecule has 0 atom stereocenters. The standard InChI is InChI=1S/C20H22N8O2S/c1-12-9-10-17(27-26-12)24-18-11-15(19-20(25-18)22-13(2)21-19)23-14-7-5-6-8-16(14)28(3)31(4,29)30/h5-11H,1-4H3,(H3,21,22,23,24,25,27). The minimum Gasteiger partial charge on any atom is -0.352 e. The Balaban J connectivity index is 1.76. The molecule has 4 aromatic rings. The minimum absolute atomic E-state index is 0.515. The highest BCUT2D eigenvalue weighted by atomic mass is 32.2. The highest BCUT2D eigenvalue weighted by Crippen LogP contribution is 2.33. The molecule has 10 nitrogen and oxygen atoms in total. The van der Waals surface area contributed by atoms with E-state index < -0.39 is 10.0 Å². The molecule has 160 valence electrons. The Hall–Kier alpha value is -3.73. The molecule has 0 saturated heterocycles. The van der Waals surface area contributed by atoms with Crippen LogP contribution in [0.4, 0.5) is 28.7 Å². The molecular formula is C20H22N8O2S. The molecular weight excluding hydrogens is 416 g/mol. The van der Waals surface area contributed by atoms with Gasteiger partial charge in [-0.25, -0.2) is 18.4 Å². The van der Waals surface area contributed by atoms with E-state index in [-0.39, 0.29) is 0 Å². The molecule has 3 aromatic heterocycles. The molecule has 0 saturated carbocycles. The lowest BCUT2D eigenvalue weighted by atomic mass is 10.2. The van der Waals surface area contributed by atoms with Gasteiger partial charge >= 0.3 is 0 Å². The number of rotatable bonds is 6. The summed E-state index contributed by atoms with van der Waals surface area (Å²) in [5, 5.41) is 14.6. The van der Waals surface area contributed by atoms with E-state index in [4.69, 9.17) is 0 Å². The van der Waals surface area contributed by atoms with Crippen LogP contribution >= 0.6 is 0 Å². The van der Waals surface area contributed by atoms with E-state index in [9.17, 15) is 8.42 Å². The van der Waals surface area contributed by atoms with Gasteiger partial charge in [0.1, 0.15) is 17.2 Å². The smallest absolute Gasteiger partial charge is 0.232 e.